The highest BCUT2D eigenvalue weighted by Crippen LogP contribution is 2.18. The molecule has 0 aromatic carbocycles. The van der Waals surface area contributed by atoms with Crippen LogP contribution >= 0.6 is 0 Å². The van der Waals surface area contributed by atoms with Crippen molar-refractivity contribution in [3.05, 3.63) is 12.2 Å². The third kappa shape index (κ3) is 27.5. The Morgan fingerprint density at radius 1 is 0.595 bits per heavy atom. The van der Waals surface area contributed by atoms with Crippen molar-refractivity contribution in [3.8, 4) is 0 Å². The maximum Gasteiger partial charge on any atom is 0.307 e. The van der Waals surface area contributed by atoms with Gasteiger partial charge in [0.2, 0.25) is 0 Å². The van der Waals surface area contributed by atoms with Crippen molar-refractivity contribution >= 4 is 11.9 Å². The van der Waals surface area contributed by atoms with Crippen molar-refractivity contribution < 1.29 is 19.4 Å². The van der Waals surface area contributed by atoms with E-state index in [0.717, 1.165) is 19.3 Å². The van der Waals surface area contributed by atoms with E-state index in [4.69, 9.17) is 4.74 Å². The summed E-state index contributed by atoms with van der Waals surface area (Å²) in [6, 6.07) is 0. The molecule has 0 heterocycles. The zero-order chi connectivity index (χ0) is 27.2. The molecule has 0 radical (unpaired) electrons. The first-order valence-corrected chi connectivity index (χ1v) is 16.1. The standard InChI is InChI=1S/C33H62O4/c1-3-5-6-7-8-9-10-11-12-13-14-15-16-17-18-19-20-21-22-23-24-25-26-27-28-31(33(35)36)30-32(34)37-29-4-2/h8-9,31H,3-7,10-30H2,1-2H3,(H,35,36)/b9-8+. The van der Waals surface area contributed by atoms with E-state index in [1.807, 2.05) is 6.92 Å². The molecule has 0 aromatic heterocycles. The number of carboxylic acids is 1. The summed E-state index contributed by atoms with van der Waals surface area (Å²) < 4.78 is 5.02. The molecule has 0 saturated heterocycles. The van der Waals surface area contributed by atoms with E-state index in [2.05, 4.69) is 19.1 Å². The number of allylic oxidation sites excluding steroid dienone is 2. The number of hydrogen-bond acceptors (Lipinski definition) is 3. The van der Waals surface area contributed by atoms with Crippen molar-refractivity contribution in [2.75, 3.05) is 6.61 Å². The van der Waals surface area contributed by atoms with Crippen LogP contribution in [0.1, 0.15) is 174 Å². The van der Waals surface area contributed by atoms with Crippen LogP contribution < -0.4 is 0 Å². The smallest absolute Gasteiger partial charge is 0.307 e. The van der Waals surface area contributed by atoms with Crippen LogP contribution in [0.5, 0.6) is 0 Å². The van der Waals surface area contributed by atoms with Crippen LogP contribution in [0.2, 0.25) is 0 Å². The molecule has 0 spiro atoms. The van der Waals surface area contributed by atoms with Gasteiger partial charge in [0, 0.05) is 0 Å². The Labute approximate surface area is 230 Å². The van der Waals surface area contributed by atoms with Gasteiger partial charge >= 0.3 is 11.9 Å². The van der Waals surface area contributed by atoms with Crippen LogP contribution in [-0.4, -0.2) is 23.7 Å². The Morgan fingerprint density at radius 3 is 1.41 bits per heavy atom. The molecule has 37 heavy (non-hydrogen) atoms. The normalized spacial score (nSPS) is 12.3. The summed E-state index contributed by atoms with van der Waals surface area (Å²) in [6.45, 7) is 4.58. The second kappa shape index (κ2) is 29.2. The molecule has 0 fully saturated rings. The molecule has 0 aliphatic carbocycles. The van der Waals surface area contributed by atoms with Gasteiger partial charge in [-0.1, -0.05) is 142 Å². The molecule has 0 saturated carbocycles. The molecular formula is C33H62O4. The fourth-order valence-electron chi connectivity index (χ4n) is 4.84. The molecule has 4 nitrogen and oxygen atoms in total. The number of hydrogen-bond donors (Lipinski definition) is 1. The second-order valence-corrected chi connectivity index (χ2v) is 11.0. The Bertz CT molecular complexity index is 528. The predicted octanol–water partition coefficient (Wildman–Crippen LogP) is 10.6. The minimum Gasteiger partial charge on any atom is -0.481 e. The first-order valence-electron chi connectivity index (χ1n) is 16.1. The van der Waals surface area contributed by atoms with Crippen LogP contribution in [0, 0.1) is 5.92 Å². The van der Waals surface area contributed by atoms with E-state index in [1.54, 1.807) is 0 Å². The first-order chi connectivity index (χ1) is 18.1. The van der Waals surface area contributed by atoms with E-state index in [9.17, 15) is 14.7 Å². The second-order valence-electron chi connectivity index (χ2n) is 11.0. The summed E-state index contributed by atoms with van der Waals surface area (Å²) in [6.07, 6.45) is 35.1. The van der Waals surface area contributed by atoms with E-state index in [1.165, 1.54) is 128 Å². The van der Waals surface area contributed by atoms with Gasteiger partial charge in [0.25, 0.3) is 0 Å². The lowest BCUT2D eigenvalue weighted by Gasteiger charge is -2.11. The van der Waals surface area contributed by atoms with Gasteiger partial charge < -0.3 is 9.84 Å². The molecule has 0 rings (SSSR count). The number of esters is 1. The lowest BCUT2D eigenvalue weighted by Crippen LogP contribution is -2.19. The number of aliphatic carboxylic acids is 1. The molecular weight excluding hydrogens is 460 g/mol. The van der Waals surface area contributed by atoms with Gasteiger partial charge in [-0.2, -0.15) is 0 Å². The summed E-state index contributed by atoms with van der Waals surface area (Å²) in [5.41, 5.74) is 0. The highest BCUT2D eigenvalue weighted by Gasteiger charge is 2.21. The van der Waals surface area contributed by atoms with Gasteiger partial charge in [-0.15, -0.1) is 0 Å². The lowest BCUT2D eigenvalue weighted by atomic mass is 9.97. The lowest BCUT2D eigenvalue weighted by molar-refractivity contribution is -0.151. The summed E-state index contributed by atoms with van der Waals surface area (Å²) in [5, 5.41) is 9.32. The number of carbonyl (C=O) groups is 2. The minimum absolute atomic E-state index is 0.00664. The van der Waals surface area contributed by atoms with E-state index in [0.29, 0.717) is 13.0 Å². The zero-order valence-corrected chi connectivity index (χ0v) is 24.8. The molecule has 0 bridgehead atoms. The van der Waals surface area contributed by atoms with Crippen LogP contribution in [0.3, 0.4) is 0 Å². The molecule has 4 heteroatoms. The number of unbranched alkanes of at least 4 members (excludes halogenated alkanes) is 20. The highest BCUT2D eigenvalue weighted by molar-refractivity contribution is 5.78. The molecule has 1 unspecified atom stereocenters. The topological polar surface area (TPSA) is 63.6 Å². The Morgan fingerprint density at radius 2 is 1.00 bits per heavy atom. The van der Waals surface area contributed by atoms with E-state index in [-0.39, 0.29) is 12.4 Å². The summed E-state index contributed by atoms with van der Waals surface area (Å²) in [7, 11) is 0. The average molecular weight is 523 g/mol. The van der Waals surface area contributed by atoms with Gasteiger partial charge in [0.1, 0.15) is 0 Å². The largest absolute Gasteiger partial charge is 0.481 e. The fourth-order valence-corrected chi connectivity index (χ4v) is 4.84. The molecule has 218 valence electrons. The number of ether oxygens (including phenoxy) is 1. The van der Waals surface area contributed by atoms with Crippen LogP contribution in [0.25, 0.3) is 0 Å². The third-order valence-corrected chi connectivity index (χ3v) is 7.29. The zero-order valence-electron chi connectivity index (χ0n) is 24.8. The minimum atomic E-state index is -0.875. The van der Waals surface area contributed by atoms with Crippen LogP contribution in [0.15, 0.2) is 12.2 Å². The quantitative estimate of drug-likeness (QED) is 0.0602. The predicted molar refractivity (Wildman–Crippen MR) is 158 cm³/mol. The van der Waals surface area contributed by atoms with Crippen molar-refractivity contribution in [1.29, 1.82) is 0 Å². The highest BCUT2D eigenvalue weighted by atomic mass is 16.5. The monoisotopic (exact) mass is 522 g/mol. The van der Waals surface area contributed by atoms with Gasteiger partial charge in [0.05, 0.1) is 18.9 Å². The number of rotatable bonds is 29. The number of carboxylic acid groups (broad SMARTS) is 1. The van der Waals surface area contributed by atoms with Gasteiger partial charge in [-0.3, -0.25) is 9.59 Å². The van der Waals surface area contributed by atoms with Crippen molar-refractivity contribution in [2.24, 2.45) is 5.92 Å². The molecule has 0 aliphatic heterocycles. The van der Waals surface area contributed by atoms with E-state index < -0.39 is 11.9 Å². The van der Waals surface area contributed by atoms with Crippen LogP contribution in [0.4, 0.5) is 0 Å². The fraction of sp³-hybridized carbons (Fsp3) is 0.879. The summed E-state index contributed by atoms with van der Waals surface area (Å²) in [5.74, 6) is -1.85. The van der Waals surface area contributed by atoms with Crippen molar-refractivity contribution in [1.82, 2.24) is 0 Å². The number of carbonyl (C=O) groups excluding carboxylic acids is 1. The molecule has 1 N–H and O–H groups in total. The molecule has 0 amide bonds. The Hall–Kier alpha value is -1.32. The molecule has 0 aromatic rings. The third-order valence-electron chi connectivity index (χ3n) is 7.29. The molecule has 0 aliphatic rings. The van der Waals surface area contributed by atoms with Gasteiger partial charge in [-0.05, 0) is 38.5 Å². The van der Waals surface area contributed by atoms with Crippen molar-refractivity contribution in [3.63, 3.8) is 0 Å². The Kier molecular flexibility index (Phi) is 28.2. The van der Waals surface area contributed by atoms with Crippen molar-refractivity contribution in [2.45, 2.75) is 174 Å². The van der Waals surface area contributed by atoms with Gasteiger partial charge in [-0.25, -0.2) is 0 Å². The molecule has 1 atom stereocenters. The SMILES string of the molecule is CCCCC/C=C/CCCCCCCCCCCCCCCCCCCC(CC(=O)OCCC)C(=O)O. The average Bonchev–Trinajstić information content (AvgIpc) is 2.89. The Balaban J connectivity index is 3.32. The maximum absolute atomic E-state index is 11.7. The van der Waals surface area contributed by atoms with E-state index >= 15 is 0 Å². The summed E-state index contributed by atoms with van der Waals surface area (Å²) in [4.78, 5) is 23.0. The first kappa shape index (κ1) is 35.7. The van der Waals surface area contributed by atoms with Crippen LogP contribution in [-0.2, 0) is 14.3 Å². The van der Waals surface area contributed by atoms with Gasteiger partial charge in [0.15, 0.2) is 0 Å². The maximum atomic E-state index is 11.7. The summed E-state index contributed by atoms with van der Waals surface area (Å²) >= 11 is 0.